The lowest BCUT2D eigenvalue weighted by Gasteiger charge is -2.09. The molecule has 14 heavy (non-hydrogen) atoms. The van der Waals surface area contributed by atoms with E-state index in [1.54, 1.807) is 0 Å². The van der Waals surface area contributed by atoms with E-state index in [1.807, 2.05) is 0 Å². The second-order valence-corrected chi connectivity index (χ2v) is 2.76. The summed E-state index contributed by atoms with van der Waals surface area (Å²) in [5, 5.41) is 8.63. The highest BCUT2D eigenvalue weighted by atomic mass is 19.4. The van der Waals surface area contributed by atoms with Crippen molar-refractivity contribution in [2.75, 3.05) is 6.61 Å². The zero-order valence-electron chi connectivity index (χ0n) is 7.12. The standard InChI is InChI=1S/C8H9F3N2O/c9-8(10,11)5-1-2-7(13-3-5)6(12)4-14/h1-3,6,14H,4,12H2. The molecule has 0 amide bonds. The normalized spacial score (nSPS) is 14.1. The summed E-state index contributed by atoms with van der Waals surface area (Å²) in [6.45, 7) is -0.349. The molecule has 3 nitrogen and oxygen atoms in total. The number of halogens is 3. The molecule has 1 heterocycles. The summed E-state index contributed by atoms with van der Waals surface area (Å²) >= 11 is 0. The van der Waals surface area contributed by atoms with Crippen molar-refractivity contribution in [1.82, 2.24) is 4.98 Å². The van der Waals surface area contributed by atoms with Crippen molar-refractivity contribution in [3.8, 4) is 0 Å². The smallest absolute Gasteiger partial charge is 0.394 e. The highest BCUT2D eigenvalue weighted by Gasteiger charge is 2.30. The maximum Gasteiger partial charge on any atom is 0.417 e. The molecule has 0 saturated heterocycles. The minimum Gasteiger partial charge on any atom is -0.394 e. The van der Waals surface area contributed by atoms with Crippen molar-refractivity contribution in [3.63, 3.8) is 0 Å². The van der Waals surface area contributed by atoms with Crippen LogP contribution in [-0.2, 0) is 6.18 Å². The van der Waals surface area contributed by atoms with Crippen LogP contribution in [-0.4, -0.2) is 16.7 Å². The van der Waals surface area contributed by atoms with Gasteiger partial charge in [-0.1, -0.05) is 0 Å². The van der Waals surface area contributed by atoms with Crippen LogP contribution in [0.3, 0.4) is 0 Å². The predicted octanol–water partition coefficient (Wildman–Crippen LogP) is 1.09. The third-order valence-corrected chi connectivity index (χ3v) is 1.69. The van der Waals surface area contributed by atoms with Crippen LogP contribution < -0.4 is 5.73 Å². The molecule has 3 N–H and O–H groups in total. The third-order valence-electron chi connectivity index (χ3n) is 1.69. The Morgan fingerprint density at radius 1 is 1.43 bits per heavy atom. The Hall–Kier alpha value is -1.14. The van der Waals surface area contributed by atoms with Gasteiger partial charge in [0.1, 0.15) is 0 Å². The van der Waals surface area contributed by atoms with Gasteiger partial charge in [-0.05, 0) is 12.1 Å². The Morgan fingerprint density at radius 2 is 2.07 bits per heavy atom. The first kappa shape index (κ1) is 10.9. The molecule has 0 bridgehead atoms. The van der Waals surface area contributed by atoms with E-state index >= 15 is 0 Å². The molecule has 0 fully saturated rings. The quantitative estimate of drug-likeness (QED) is 0.761. The van der Waals surface area contributed by atoms with Crippen LogP contribution in [0.5, 0.6) is 0 Å². The van der Waals surface area contributed by atoms with E-state index in [2.05, 4.69) is 4.98 Å². The largest absolute Gasteiger partial charge is 0.417 e. The fourth-order valence-corrected chi connectivity index (χ4v) is 0.886. The minimum atomic E-state index is -4.39. The Morgan fingerprint density at radius 3 is 2.43 bits per heavy atom. The number of nitrogens with two attached hydrogens (primary N) is 1. The van der Waals surface area contributed by atoms with Gasteiger partial charge in [0.25, 0.3) is 0 Å². The molecule has 6 heteroatoms. The Balaban J connectivity index is 2.89. The number of aliphatic hydroxyl groups is 1. The first-order chi connectivity index (χ1) is 6.45. The van der Waals surface area contributed by atoms with Gasteiger partial charge in [0, 0.05) is 6.20 Å². The molecule has 1 unspecified atom stereocenters. The summed E-state index contributed by atoms with van der Waals surface area (Å²) in [6.07, 6.45) is -3.69. The summed E-state index contributed by atoms with van der Waals surface area (Å²) in [4.78, 5) is 3.51. The van der Waals surface area contributed by atoms with Crippen molar-refractivity contribution >= 4 is 0 Å². The summed E-state index contributed by atoms with van der Waals surface area (Å²) in [5.74, 6) is 0. The average molecular weight is 206 g/mol. The van der Waals surface area contributed by atoms with Crippen LogP contribution in [0.2, 0.25) is 0 Å². The number of aliphatic hydroxyl groups excluding tert-OH is 1. The van der Waals surface area contributed by atoms with Gasteiger partial charge < -0.3 is 10.8 Å². The van der Waals surface area contributed by atoms with E-state index < -0.39 is 17.8 Å². The molecule has 1 aromatic heterocycles. The van der Waals surface area contributed by atoms with E-state index in [1.165, 1.54) is 0 Å². The molecule has 0 radical (unpaired) electrons. The third kappa shape index (κ3) is 2.43. The Kier molecular flexibility index (Phi) is 3.07. The summed E-state index contributed by atoms with van der Waals surface area (Å²) < 4.78 is 36.2. The van der Waals surface area contributed by atoms with Crippen LogP contribution in [0.1, 0.15) is 17.3 Å². The van der Waals surface area contributed by atoms with E-state index in [4.69, 9.17) is 10.8 Å². The van der Waals surface area contributed by atoms with Crippen molar-refractivity contribution in [2.24, 2.45) is 5.73 Å². The molecule has 0 saturated carbocycles. The molecular weight excluding hydrogens is 197 g/mol. The number of aromatic nitrogens is 1. The summed E-state index contributed by atoms with van der Waals surface area (Å²) in [6, 6.07) is 1.30. The van der Waals surface area contributed by atoms with Crippen LogP contribution in [0.15, 0.2) is 18.3 Å². The number of hydrogen-bond acceptors (Lipinski definition) is 3. The van der Waals surface area contributed by atoms with Crippen molar-refractivity contribution in [1.29, 1.82) is 0 Å². The fourth-order valence-electron chi connectivity index (χ4n) is 0.886. The molecular formula is C8H9F3N2O. The second kappa shape index (κ2) is 3.93. The van der Waals surface area contributed by atoms with Gasteiger partial charge in [0.2, 0.25) is 0 Å². The second-order valence-electron chi connectivity index (χ2n) is 2.76. The molecule has 1 atom stereocenters. The highest BCUT2D eigenvalue weighted by Crippen LogP contribution is 2.28. The van der Waals surface area contributed by atoms with E-state index in [-0.39, 0.29) is 12.3 Å². The maximum atomic E-state index is 12.1. The topological polar surface area (TPSA) is 59.1 Å². The van der Waals surface area contributed by atoms with E-state index in [9.17, 15) is 13.2 Å². The number of hydrogen-bond donors (Lipinski definition) is 2. The lowest BCUT2D eigenvalue weighted by Crippen LogP contribution is -2.16. The molecule has 1 aromatic rings. The van der Waals surface area contributed by atoms with Crippen molar-refractivity contribution < 1.29 is 18.3 Å². The van der Waals surface area contributed by atoms with Gasteiger partial charge in [-0.25, -0.2) is 0 Å². The zero-order valence-corrected chi connectivity index (χ0v) is 7.12. The van der Waals surface area contributed by atoms with Crippen molar-refractivity contribution in [3.05, 3.63) is 29.6 Å². The molecule has 0 spiro atoms. The fraction of sp³-hybridized carbons (Fsp3) is 0.375. The van der Waals surface area contributed by atoms with Gasteiger partial charge in [-0.3, -0.25) is 4.98 Å². The SMILES string of the molecule is NC(CO)c1ccc(C(F)(F)F)cn1. The molecule has 0 aliphatic rings. The van der Waals surface area contributed by atoms with Crippen LogP contribution >= 0.6 is 0 Å². The van der Waals surface area contributed by atoms with Gasteiger partial charge in [-0.2, -0.15) is 13.2 Å². The molecule has 0 aromatic carbocycles. The first-order valence-electron chi connectivity index (χ1n) is 3.84. The molecule has 0 aliphatic heterocycles. The first-order valence-corrected chi connectivity index (χ1v) is 3.84. The van der Waals surface area contributed by atoms with E-state index in [0.29, 0.717) is 6.20 Å². The maximum absolute atomic E-state index is 12.1. The van der Waals surface area contributed by atoms with Crippen LogP contribution in [0.4, 0.5) is 13.2 Å². The van der Waals surface area contributed by atoms with E-state index in [0.717, 1.165) is 12.1 Å². The summed E-state index contributed by atoms with van der Waals surface area (Å²) in [5.41, 5.74) is 4.77. The number of pyridine rings is 1. The predicted molar refractivity (Wildman–Crippen MR) is 43.3 cm³/mol. The lowest BCUT2D eigenvalue weighted by molar-refractivity contribution is -0.137. The summed E-state index contributed by atoms with van der Waals surface area (Å²) in [7, 11) is 0. The van der Waals surface area contributed by atoms with Gasteiger partial charge in [0.05, 0.1) is 23.9 Å². The molecule has 1 rings (SSSR count). The monoisotopic (exact) mass is 206 g/mol. The van der Waals surface area contributed by atoms with Gasteiger partial charge in [0.15, 0.2) is 0 Å². The molecule has 0 aliphatic carbocycles. The van der Waals surface area contributed by atoms with Crippen molar-refractivity contribution in [2.45, 2.75) is 12.2 Å². The average Bonchev–Trinajstić information content (AvgIpc) is 2.15. The lowest BCUT2D eigenvalue weighted by atomic mass is 10.2. The number of alkyl halides is 3. The molecule has 78 valence electrons. The van der Waals surface area contributed by atoms with Gasteiger partial charge in [-0.15, -0.1) is 0 Å². The van der Waals surface area contributed by atoms with Gasteiger partial charge >= 0.3 is 6.18 Å². The van der Waals surface area contributed by atoms with Crippen LogP contribution in [0, 0.1) is 0 Å². The Bertz CT molecular complexity index is 296. The Labute approximate surface area is 78.4 Å². The highest BCUT2D eigenvalue weighted by molar-refractivity contribution is 5.18. The van der Waals surface area contributed by atoms with Crippen LogP contribution in [0.25, 0.3) is 0 Å². The minimum absolute atomic E-state index is 0.237. The zero-order chi connectivity index (χ0) is 10.8. The number of rotatable bonds is 2. The number of nitrogens with zero attached hydrogens (tertiary/aromatic N) is 1.